The summed E-state index contributed by atoms with van der Waals surface area (Å²) in [6.45, 7) is 6.87. The van der Waals surface area contributed by atoms with Gasteiger partial charge in [-0.05, 0) is 12.3 Å². The van der Waals surface area contributed by atoms with Gasteiger partial charge in [-0.15, -0.1) is 5.10 Å². The summed E-state index contributed by atoms with van der Waals surface area (Å²) in [5.74, 6) is 0.806. The van der Waals surface area contributed by atoms with Crippen LogP contribution in [0, 0.1) is 5.92 Å². The van der Waals surface area contributed by atoms with E-state index in [2.05, 4.69) is 24.2 Å². The summed E-state index contributed by atoms with van der Waals surface area (Å²) in [5, 5.41) is 8.30. The molecule has 0 aromatic carbocycles. The van der Waals surface area contributed by atoms with Crippen LogP contribution in [-0.2, 0) is 16.1 Å². The number of hydrogen-bond donors (Lipinski definition) is 0. The summed E-state index contributed by atoms with van der Waals surface area (Å²) >= 11 is 0. The van der Waals surface area contributed by atoms with Crippen molar-refractivity contribution in [3.05, 3.63) is 11.9 Å². The van der Waals surface area contributed by atoms with Crippen LogP contribution >= 0.6 is 0 Å². The van der Waals surface area contributed by atoms with Crippen molar-refractivity contribution in [2.24, 2.45) is 5.92 Å². The van der Waals surface area contributed by atoms with E-state index in [1.807, 2.05) is 20.7 Å². The SMILES string of the molecule is CC(C)CC(=O)N1CC(n2cc(CN3CCCC3=O)nn2)C1. The molecular weight excluding hydrogens is 282 g/mol. The van der Waals surface area contributed by atoms with Crippen molar-refractivity contribution in [2.75, 3.05) is 19.6 Å². The van der Waals surface area contributed by atoms with Crippen LogP contribution in [0.2, 0.25) is 0 Å². The number of aromatic nitrogens is 3. The van der Waals surface area contributed by atoms with E-state index in [9.17, 15) is 9.59 Å². The van der Waals surface area contributed by atoms with Crippen molar-refractivity contribution < 1.29 is 9.59 Å². The minimum Gasteiger partial charge on any atom is -0.338 e. The summed E-state index contributed by atoms with van der Waals surface area (Å²) < 4.78 is 1.83. The van der Waals surface area contributed by atoms with Crippen molar-refractivity contribution in [1.29, 1.82) is 0 Å². The molecule has 0 bridgehead atoms. The first-order chi connectivity index (χ1) is 10.5. The monoisotopic (exact) mass is 305 g/mol. The van der Waals surface area contributed by atoms with Gasteiger partial charge in [0.1, 0.15) is 5.69 Å². The highest BCUT2D eigenvalue weighted by molar-refractivity contribution is 5.78. The molecule has 0 radical (unpaired) electrons. The van der Waals surface area contributed by atoms with E-state index < -0.39 is 0 Å². The second-order valence-corrected chi connectivity index (χ2v) is 6.66. The van der Waals surface area contributed by atoms with Gasteiger partial charge >= 0.3 is 0 Å². The second-order valence-electron chi connectivity index (χ2n) is 6.66. The molecule has 1 aromatic heterocycles. The number of rotatable bonds is 5. The number of carbonyl (C=O) groups is 2. The van der Waals surface area contributed by atoms with Gasteiger partial charge in [0.15, 0.2) is 0 Å². The van der Waals surface area contributed by atoms with Gasteiger partial charge in [0.2, 0.25) is 11.8 Å². The minimum atomic E-state index is 0.198. The maximum Gasteiger partial charge on any atom is 0.222 e. The van der Waals surface area contributed by atoms with Crippen LogP contribution in [0.15, 0.2) is 6.20 Å². The largest absolute Gasteiger partial charge is 0.338 e. The molecule has 0 aliphatic carbocycles. The van der Waals surface area contributed by atoms with Crippen LogP contribution in [0.4, 0.5) is 0 Å². The Balaban J connectivity index is 1.51. The molecule has 0 spiro atoms. The van der Waals surface area contributed by atoms with Gasteiger partial charge in [0.25, 0.3) is 0 Å². The Morgan fingerprint density at radius 1 is 1.41 bits per heavy atom. The van der Waals surface area contributed by atoms with Crippen molar-refractivity contribution in [3.63, 3.8) is 0 Å². The molecule has 22 heavy (non-hydrogen) atoms. The topological polar surface area (TPSA) is 71.3 Å². The van der Waals surface area contributed by atoms with Crippen molar-refractivity contribution in [3.8, 4) is 0 Å². The molecule has 2 aliphatic heterocycles. The van der Waals surface area contributed by atoms with E-state index >= 15 is 0 Å². The predicted octanol–water partition coefficient (Wildman–Crippen LogP) is 0.830. The van der Waals surface area contributed by atoms with Gasteiger partial charge in [-0.25, -0.2) is 4.68 Å². The molecule has 2 saturated heterocycles. The Kier molecular flexibility index (Phi) is 4.13. The van der Waals surface area contributed by atoms with E-state index in [4.69, 9.17) is 0 Å². The van der Waals surface area contributed by atoms with Crippen LogP contribution in [0.1, 0.15) is 44.8 Å². The average Bonchev–Trinajstić information content (AvgIpc) is 2.98. The fraction of sp³-hybridized carbons (Fsp3) is 0.733. The first kappa shape index (κ1) is 15.0. The van der Waals surface area contributed by atoms with Gasteiger partial charge in [0.05, 0.1) is 18.8 Å². The quantitative estimate of drug-likeness (QED) is 0.808. The van der Waals surface area contributed by atoms with Gasteiger partial charge < -0.3 is 9.80 Å². The molecule has 7 nitrogen and oxygen atoms in total. The fourth-order valence-electron chi connectivity index (χ4n) is 2.94. The number of likely N-dealkylation sites (tertiary alicyclic amines) is 2. The molecule has 7 heteroatoms. The lowest BCUT2D eigenvalue weighted by molar-refractivity contribution is -0.138. The molecule has 2 aliphatic rings. The lowest BCUT2D eigenvalue weighted by Gasteiger charge is -2.39. The Morgan fingerprint density at radius 3 is 2.82 bits per heavy atom. The maximum atomic E-state index is 11.9. The van der Waals surface area contributed by atoms with Gasteiger partial charge in [0, 0.05) is 32.5 Å². The van der Waals surface area contributed by atoms with E-state index in [1.165, 1.54) is 0 Å². The van der Waals surface area contributed by atoms with Crippen molar-refractivity contribution in [1.82, 2.24) is 24.8 Å². The Bertz CT molecular complexity index is 562. The van der Waals surface area contributed by atoms with E-state index in [1.54, 1.807) is 0 Å². The molecule has 0 N–H and O–H groups in total. The van der Waals surface area contributed by atoms with Crippen molar-refractivity contribution in [2.45, 2.75) is 45.7 Å². The smallest absolute Gasteiger partial charge is 0.222 e. The summed E-state index contributed by atoms with van der Waals surface area (Å²) in [4.78, 5) is 27.2. The van der Waals surface area contributed by atoms with Gasteiger partial charge in [-0.1, -0.05) is 19.1 Å². The highest BCUT2D eigenvalue weighted by atomic mass is 16.2. The fourth-order valence-corrected chi connectivity index (χ4v) is 2.94. The Labute approximate surface area is 130 Å². The lowest BCUT2D eigenvalue weighted by Crippen LogP contribution is -2.51. The predicted molar refractivity (Wildman–Crippen MR) is 79.7 cm³/mol. The van der Waals surface area contributed by atoms with E-state index in [-0.39, 0.29) is 17.9 Å². The maximum absolute atomic E-state index is 11.9. The van der Waals surface area contributed by atoms with Gasteiger partial charge in [-0.2, -0.15) is 0 Å². The standard InChI is InChI=1S/C15H23N5O2/c1-11(2)6-15(22)19-9-13(10-19)20-8-12(16-17-20)7-18-5-3-4-14(18)21/h8,11,13H,3-7,9-10H2,1-2H3. The third-order valence-corrected chi connectivity index (χ3v) is 4.25. The van der Waals surface area contributed by atoms with Crippen molar-refractivity contribution >= 4 is 11.8 Å². The summed E-state index contributed by atoms with van der Waals surface area (Å²) in [7, 11) is 0. The normalized spacial score (nSPS) is 19.1. The molecule has 0 saturated carbocycles. The second kappa shape index (κ2) is 6.06. The minimum absolute atomic E-state index is 0.198. The number of carbonyl (C=O) groups excluding carboxylic acids is 2. The lowest BCUT2D eigenvalue weighted by atomic mass is 10.1. The van der Waals surface area contributed by atoms with Crippen LogP contribution < -0.4 is 0 Å². The van der Waals surface area contributed by atoms with E-state index in [0.717, 1.165) is 18.7 Å². The van der Waals surface area contributed by atoms with E-state index in [0.29, 0.717) is 38.4 Å². The number of amides is 2. The highest BCUT2D eigenvalue weighted by Crippen LogP contribution is 2.22. The number of nitrogens with zero attached hydrogens (tertiary/aromatic N) is 5. The molecule has 2 fully saturated rings. The third-order valence-electron chi connectivity index (χ3n) is 4.25. The zero-order chi connectivity index (χ0) is 15.7. The molecule has 0 unspecified atom stereocenters. The Morgan fingerprint density at radius 2 is 2.18 bits per heavy atom. The van der Waals surface area contributed by atoms with Crippen LogP contribution in [0.5, 0.6) is 0 Å². The zero-order valence-electron chi connectivity index (χ0n) is 13.2. The summed E-state index contributed by atoms with van der Waals surface area (Å²) in [6.07, 6.45) is 4.08. The van der Waals surface area contributed by atoms with Crippen LogP contribution in [0.3, 0.4) is 0 Å². The van der Waals surface area contributed by atoms with Gasteiger partial charge in [-0.3, -0.25) is 9.59 Å². The summed E-state index contributed by atoms with van der Waals surface area (Å²) in [6, 6.07) is 0.214. The third kappa shape index (κ3) is 3.13. The highest BCUT2D eigenvalue weighted by Gasteiger charge is 2.33. The molecule has 3 rings (SSSR count). The molecule has 1 aromatic rings. The molecule has 2 amide bonds. The zero-order valence-corrected chi connectivity index (χ0v) is 13.2. The Hall–Kier alpha value is -1.92. The summed E-state index contributed by atoms with van der Waals surface area (Å²) in [5.41, 5.74) is 0.821. The first-order valence-electron chi connectivity index (χ1n) is 7.99. The van der Waals surface area contributed by atoms with Crippen LogP contribution in [-0.4, -0.2) is 56.2 Å². The molecule has 0 atom stereocenters. The molecular formula is C15H23N5O2. The number of hydrogen-bond acceptors (Lipinski definition) is 4. The average molecular weight is 305 g/mol. The molecule has 3 heterocycles. The van der Waals surface area contributed by atoms with Crippen LogP contribution in [0.25, 0.3) is 0 Å². The molecule has 120 valence electrons. The first-order valence-corrected chi connectivity index (χ1v) is 7.99.